The Hall–Kier alpha value is -4.22. The van der Waals surface area contributed by atoms with Crippen molar-refractivity contribution in [2.45, 2.75) is 33.9 Å². The largest absolute Gasteiger partial charge is 0.496 e. The number of halogens is 3. The number of rotatable bonds is 3. The first kappa shape index (κ1) is 25.4. The Bertz CT molecular complexity index is 1500. The number of aromatic amines is 1. The molecule has 0 aliphatic heterocycles. The highest BCUT2D eigenvalue weighted by Gasteiger charge is 2.38. The third kappa shape index (κ3) is 5.48. The van der Waals surface area contributed by atoms with Gasteiger partial charge in [-0.25, -0.2) is 19.7 Å². The predicted molar refractivity (Wildman–Crippen MR) is 124 cm³/mol. The normalized spacial score (nSPS) is 11.2. The molecule has 0 saturated heterocycles. The average molecular weight is 489 g/mol. The topological polar surface area (TPSA) is 130 Å². The van der Waals surface area contributed by atoms with E-state index in [2.05, 4.69) is 25.3 Å². The molecule has 184 valence electrons. The molecule has 0 atom stereocenters. The summed E-state index contributed by atoms with van der Waals surface area (Å²) in [6.07, 6.45) is -5.08. The fraction of sp³-hybridized carbons (Fsp3) is 0.261. The lowest BCUT2D eigenvalue weighted by Crippen LogP contribution is -2.21. The molecular formula is C23H22F3N5O4. The molecule has 2 aromatic heterocycles. The van der Waals surface area contributed by atoms with Crippen LogP contribution in [0.15, 0.2) is 29.1 Å². The molecule has 2 heterocycles. The third-order valence-electron chi connectivity index (χ3n) is 5.03. The summed E-state index contributed by atoms with van der Waals surface area (Å²) in [4.78, 5) is 37.9. The van der Waals surface area contributed by atoms with E-state index in [1.807, 2.05) is 52.0 Å². The Morgan fingerprint density at radius 2 is 1.69 bits per heavy atom. The maximum atomic E-state index is 12.5. The molecule has 0 fully saturated rings. The number of benzene rings is 2. The van der Waals surface area contributed by atoms with Gasteiger partial charge < -0.3 is 9.84 Å². The number of anilines is 2. The molecule has 2 aromatic carbocycles. The number of fused-ring (bicyclic) bond motifs is 2. The number of aliphatic carboxylic acids is 1. The quantitative estimate of drug-likeness (QED) is 0.384. The molecule has 12 heteroatoms. The highest BCUT2D eigenvalue weighted by atomic mass is 19.4. The van der Waals surface area contributed by atoms with Gasteiger partial charge in [-0.2, -0.15) is 13.2 Å². The maximum absolute atomic E-state index is 12.5. The zero-order valence-electron chi connectivity index (χ0n) is 19.5. The molecule has 0 saturated carbocycles. The fourth-order valence-corrected chi connectivity index (χ4v) is 3.50. The summed E-state index contributed by atoms with van der Waals surface area (Å²) in [5, 5.41) is 11.6. The van der Waals surface area contributed by atoms with E-state index in [4.69, 9.17) is 14.6 Å². The van der Waals surface area contributed by atoms with Crippen LogP contribution in [-0.2, 0) is 4.79 Å². The first-order chi connectivity index (χ1) is 16.3. The number of aromatic nitrogens is 4. The second kappa shape index (κ2) is 9.57. The van der Waals surface area contributed by atoms with Crippen LogP contribution >= 0.6 is 0 Å². The Labute approximate surface area is 197 Å². The van der Waals surface area contributed by atoms with Crippen LogP contribution in [0, 0.1) is 27.7 Å². The number of alkyl halides is 3. The van der Waals surface area contributed by atoms with Crippen molar-refractivity contribution in [2.24, 2.45) is 0 Å². The monoisotopic (exact) mass is 489 g/mol. The number of carboxylic acid groups (broad SMARTS) is 1. The van der Waals surface area contributed by atoms with Gasteiger partial charge in [-0.05, 0) is 56.5 Å². The van der Waals surface area contributed by atoms with Gasteiger partial charge in [0.25, 0.3) is 5.56 Å². The standard InChI is InChI=1S/C21H21N5O2.C2HF3O2/c1-10-8-12(3)17-14(9-10)19(27)25-21(23-17)26-20-22-13(4)16-15(28-5)7-6-11(2)18(16)24-20;3-2(4,5)1(6)7/h6-9H,1-5H3,(H2,22,23,24,25,26,27);(H,6,7). The SMILES string of the molecule is COc1ccc(C)c2nc(Nc3nc4c(C)cc(C)cc4c(=O)[nH]3)nc(C)c12.O=C(O)C(F)(F)F. The van der Waals surface area contributed by atoms with Gasteiger partial charge in [0.05, 0.1) is 34.6 Å². The molecule has 3 N–H and O–H groups in total. The summed E-state index contributed by atoms with van der Waals surface area (Å²) in [5.74, 6) is -1.35. The molecule has 4 aromatic rings. The Morgan fingerprint density at radius 1 is 1.03 bits per heavy atom. The number of H-pyrrole nitrogens is 1. The van der Waals surface area contributed by atoms with E-state index in [9.17, 15) is 18.0 Å². The number of methoxy groups -OCH3 is 1. The highest BCUT2D eigenvalue weighted by Crippen LogP contribution is 2.30. The molecule has 35 heavy (non-hydrogen) atoms. The Morgan fingerprint density at radius 3 is 2.29 bits per heavy atom. The average Bonchev–Trinajstić information content (AvgIpc) is 2.75. The lowest BCUT2D eigenvalue weighted by atomic mass is 10.1. The zero-order valence-corrected chi connectivity index (χ0v) is 19.5. The van der Waals surface area contributed by atoms with Gasteiger partial charge in [0.2, 0.25) is 11.9 Å². The number of hydrogen-bond acceptors (Lipinski definition) is 7. The van der Waals surface area contributed by atoms with E-state index in [1.54, 1.807) is 7.11 Å². The van der Waals surface area contributed by atoms with Gasteiger partial charge >= 0.3 is 12.1 Å². The minimum Gasteiger partial charge on any atom is -0.496 e. The van der Waals surface area contributed by atoms with E-state index in [-0.39, 0.29) is 5.56 Å². The number of nitrogens with zero attached hydrogens (tertiary/aromatic N) is 3. The predicted octanol–water partition coefficient (Wildman–Crippen LogP) is 4.49. The molecule has 0 aliphatic rings. The van der Waals surface area contributed by atoms with Crippen molar-refractivity contribution in [2.75, 3.05) is 12.4 Å². The number of aryl methyl sites for hydroxylation is 4. The molecule has 0 amide bonds. The molecular weight excluding hydrogens is 467 g/mol. The number of hydrogen-bond donors (Lipinski definition) is 3. The van der Waals surface area contributed by atoms with Gasteiger partial charge in [-0.3, -0.25) is 15.1 Å². The highest BCUT2D eigenvalue weighted by molar-refractivity contribution is 5.90. The van der Waals surface area contributed by atoms with Crippen LogP contribution in [0.5, 0.6) is 5.75 Å². The summed E-state index contributed by atoms with van der Waals surface area (Å²) >= 11 is 0. The van der Waals surface area contributed by atoms with Crippen molar-refractivity contribution in [1.29, 1.82) is 0 Å². The minimum absolute atomic E-state index is 0.199. The van der Waals surface area contributed by atoms with Gasteiger partial charge in [0.15, 0.2) is 0 Å². The van der Waals surface area contributed by atoms with Crippen LogP contribution in [0.1, 0.15) is 22.4 Å². The van der Waals surface area contributed by atoms with Crippen molar-refractivity contribution in [3.63, 3.8) is 0 Å². The molecule has 0 unspecified atom stereocenters. The zero-order chi connectivity index (χ0) is 26.1. The lowest BCUT2D eigenvalue weighted by molar-refractivity contribution is -0.192. The van der Waals surface area contributed by atoms with E-state index >= 15 is 0 Å². The van der Waals surface area contributed by atoms with Crippen molar-refractivity contribution in [3.8, 4) is 5.75 Å². The fourth-order valence-electron chi connectivity index (χ4n) is 3.50. The first-order valence-corrected chi connectivity index (χ1v) is 10.2. The van der Waals surface area contributed by atoms with E-state index < -0.39 is 12.1 Å². The summed E-state index contributed by atoms with van der Waals surface area (Å²) < 4.78 is 37.2. The number of nitrogens with one attached hydrogen (secondary N) is 2. The molecule has 9 nitrogen and oxygen atoms in total. The van der Waals surface area contributed by atoms with Gasteiger partial charge in [-0.1, -0.05) is 12.1 Å². The van der Waals surface area contributed by atoms with E-state index in [1.165, 1.54) is 0 Å². The van der Waals surface area contributed by atoms with Crippen molar-refractivity contribution < 1.29 is 27.8 Å². The van der Waals surface area contributed by atoms with Crippen LogP contribution < -0.4 is 15.6 Å². The second-order valence-corrected chi connectivity index (χ2v) is 7.76. The Balaban J connectivity index is 0.000000429. The molecule has 0 aliphatic carbocycles. The summed E-state index contributed by atoms with van der Waals surface area (Å²) in [6, 6.07) is 7.71. The summed E-state index contributed by atoms with van der Waals surface area (Å²) in [6.45, 7) is 7.79. The number of ether oxygens (including phenoxy) is 1. The van der Waals surface area contributed by atoms with Crippen molar-refractivity contribution >= 4 is 39.7 Å². The van der Waals surface area contributed by atoms with E-state index in [0.29, 0.717) is 22.8 Å². The van der Waals surface area contributed by atoms with Crippen LogP contribution in [-0.4, -0.2) is 44.3 Å². The van der Waals surface area contributed by atoms with Gasteiger partial charge in [0, 0.05) is 0 Å². The Kier molecular flexibility index (Phi) is 6.94. The number of carboxylic acids is 1. The van der Waals surface area contributed by atoms with Gasteiger partial charge in [-0.15, -0.1) is 0 Å². The molecule has 0 radical (unpaired) electrons. The van der Waals surface area contributed by atoms with Crippen LogP contribution in [0.4, 0.5) is 25.1 Å². The van der Waals surface area contributed by atoms with E-state index in [0.717, 1.165) is 39.0 Å². The maximum Gasteiger partial charge on any atom is 0.490 e. The van der Waals surface area contributed by atoms with Crippen LogP contribution in [0.2, 0.25) is 0 Å². The smallest absolute Gasteiger partial charge is 0.490 e. The minimum atomic E-state index is -5.08. The third-order valence-corrected chi connectivity index (χ3v) is 5.03. The summed E-state index contributed by atoms with van der Waals surface area (Å²) in [5.41, 5.74) is 5.01. The first-order valence-electron chi connectivity index (χ1n) is 10.2. The van der Waals surface area contributed by atoms with Crippen LogP contribution in [0.3, 0.4) is 0 Å². The second-order valence-electron chi connectivity index (χ2n) is 7.76. The van der Waals surface area contributed by atoms with Crippen molar-refractivity contribution in [1.82, 2.24) is 19.9 Å². The molecule has 4 rings (SSSR count). The van der Waals surface area contributed by atoms with Crippen LogP contribution in [0.25, 0.3) is 21.8 Å². The lowest BCUT2D eigenvalue weighted by Gasteiger charge is -2.12. The van der Waals surface area contributed by atoms with Crippen molar-refractivity contribution in [3.05, 3.63) is 57.0 Å². The number of carbonyl (C=O) groups is 1. The summed E-state index contributed by atoms with van der Waals surface area (Å²) in [7, 11) is 1.63. The van der Waals surface area contributed by atoms with Gasteiger partial charge in [0.1, 0.15) is 5.75 Å². The molecule has 0 bridgehead atoms. The molecule has 0 spiro atoms.